The number of fused-ring (bicyclic) bond motifs is 13. The van der Waals surface area contributed by atoms with Crippen LogP contribution in [-0.2, 0) is 0 Å². The van der Waals surface area contributed by atoms with Gasteiger partial charge in [0.15, 0.2) is 17.5 Å². The molecule has 8 heteroatoms. The van der Waals surface area contributed by atoms with Crippen molar-refractivity contribution >= 4 is 87.4 Å². The van der Waals surface area contributed by atoms with Gasteiger partial charge in [-0.3, -0.25) is 0 Å². The van der Waals surface area contributed by atoms with Gasteiger partial charge in [-0.25, -0.2) is 15.0 Å². The highest BCUT2D eigenvalue weighted by Crippen LogP contribution is 2.47. The molecule has 5 heterocycles. The van der Waals surface area contributed by atoms with E-state index in [9.17, 15) is 5.26 Å². The first-order valence-electron chi connectivity index (χ1n) is 24.0. The van der Waals surface area contributed by atoms with Crippen molar-refractivity contribution in [3.8, 4) is 57.3 Å². The van der Waals surface area contributed by atoms with E-state index in [2.05, 4.69) is 159 Å². The molecule has 0 amide bonds. The maximum atomic E-state index is 11.4. The van der Waals surface area contributed by atoms with Crippen LogP contribution in [0.25, 0.3) is 139 Å². The van der Waals surface area contributed by atoms with Crippen molar-refractivity contribution in [2.75, 3.05) is 0 Å². The van der Waals surface area contributed by atoms with Crippen molar-refractivity contribution in [1.29, 1.82) is 5.26 Å². The average Bonchev–Trinajstić information content (AvgIpc) is 4.20. The summed E-state index contributed by atoms with van der Waals surface area (Å²) in [5.74, 6) is 1.34. The molecule has 15 aromatic rings. The zero-order chi connectivity index (χ0) is 47.4. The molecule has 334 valence electrons. The zero-order valence-corrected chi connectivity index (χ0v) is 38.4. The summed E-state index contributed by atoms with van der Waals surface area (Å²) >= 11 is 0. The van der Waals surface area contributed by atoms with Crippen LogP contribution in [0.15, 0.2) is 229 Å². The van der Waals surface area contributed by atoms with E-state index in [0.717, 1.165) is 93.6 Å². The molecule has 8 nitrogen and oxygen atoms in total. The van der Waals surface area contributed by atoms with Gasteiger partial charge in [0.1, 0.15) is 17.2 Å². The standard InChI is InChI=1S/C64H37N7O/c65-38-41-36-55(60-47-27-13-17-31-56(47)72-61(60)57(41)64-67-62(39-18-4-1-5-19-39)66-63(68-64)40-20-6-2-7-21-40)71-52-33-32-43(70-49-28-14-10-24-44(49)45-25-11-15-29-50(45)70)37-48(52)59-54(71)35-34-53-58(59)46-26-12-16-30-51(46)69(53)42-22-8-3-9-23-42/h1-37H. The predicted octanol–water partition coefficient (Wildman–Crippen LogP) is 15.9. The van der Waals surface area contributed by atoms with Gasteiger partial charge in [0, 0.05) is 60.2 Å². The van der Waals surface area contributed by atoms with Crippen molar-refractivity contribution in [1.82, 2.24) is 28.7 Å². The van der Waals surface area contributed by atoms with Crippen LogP contribution in [0, 0.1) is 11.3 Å². The van der Waals surface area contributed by atoms with Gasteiger partial charge in [-0.2, -0.15) is 5.26 Å². The number of rotatable bonds is 6. The minimum atomic E-state index is 0.350. The van der Waals surface area contributed by atoms with Crippen molar-refractivity contribution in [3.63, 3.8) is 0 Å². The minimum absolute atomic E-state index is 0.350. The largest absolute Gasteiger partial charge is 0.455 e. The maximum absolute atomic E-state index is 11.4. The van der Waals surface area contributed by atoms with Gasteiger partial charge in [0.05, 0.1) is 55.3 Å². The Morgan fingerprint density at radius 2 is 0.833 bits per heavy atom. The summed E-state index contributed by atoms with van der Waals surface area (Å²) < 4.78 is 14.1. The smallest absolute Gasteiger partial charge is 0.169 e. The lowest BCUT2D eigenvalue weighted by atomic mass is 10.00. The third-order valence-electron chi connectivity index (χ3n) is 14.3. The quantitative estimate of drug-likeness (QED) is 0.166. The second-order valence-electron chi connectivity index (χ2n) is 18.2. The first kappa shape index (κ1) is 39.9. The van der Waals surface area contributed by atoms with E-state index in [-0.39, 0.29) is 0 Å². The van der Waals surface area contributed by atoms with Gasteiger partial charge in [-0.05, 0) is 72.8 Å². The van der Waals surface area contributed by atoms with Crippen LogP contribution in [0.5, 0.6) is 0 Å². The van der Waals surface area contributed by atoms with E-state index in [1.807, 2.05) is 84.9 Å². The lowest BCUT2D eigenvalue weighted by Crippen LogP contribution is -2.03. The summed E-state index contributed by atoms with van der Waals surface area (Å²) in [6, 6.07) is 80.4. The van der Waals surface area contributed by atoms with Crippen LogP contribution in [0.1, 0.15) is 5.56 Å². The molecular weight excluding hydrogens is 883 g/mol. The molecule has 15 rings (SSSR count). The molecule has 0 saturated carbocycles. The molecule has 10 aromatic carbocycles. The van der Waals surface area contributed by atoms with E-state index in [1.54, 1.807) is 0 Å². The van der Waals surface area contributed by atoms with Gasteiger partial charge in [0.25, 0.3) is 0 Å². The van der Waals surface area contributed by atoms with Crippen LogP contribution in [0.3, 0.4) is 0 Å². The molecule has 0 aliphatic rings. The van der Waals surface area contributed by atoms with Crippen LogP contribution in [0.2, 0.25) is 0 Å². The topological polar surface area (TPSA) is 90.4 Å². The fourth-order valence-corrected chi connectivity index (χ4v) is 11.3. The summed E-state index contributed by atoms with van der Waals surface area (Å²) in [7, 11) is 0. The van der Waals surface area contributed by atoms with Crippen LogP contribution in [0.4, 0.5) is 0 Å². The Kier molecular flexibility index (Phi) is 8.55. The number of nitrogens with zero attached hydrogens (tertiary/aromatic N) is 7. The molecule has 0 radical (unpaired) electrons. The number of hydrogen-bond acceptors (Lipinski definition) is 5. The molecule has 0 atom stereocenters. The maximum Gasteiger partial charge on any atom is 0.169 e. The van der Waals surface area contributed by atoms with Gasteiger partial charge < -0.3 is 18.1 Å². The Hall–Kier alpha value is -10.1. The highest BCUT2D eigenvalue weighted by Gasteiger charge is 2.28. The molecule has 0 spiro atoms. The molecule has 0 fully saturated rings. The fraction of sp³-hybridized carbons (Fsp3) is 0. The number of hydrogen-bond donors (Lipinski definition) is 0. The fourth-order valence-electron chi connectivity index (χ4n) is 11.3. The highest BCUT2D eigenvalue weighted by molar-refractivity contribution is 6.30. The van der Waals surface area contributed by atoms with E-state index in [4.69, 9.17) is 19.4 Å². The Balaban J connectivity index is 1.09. The summed E-state index contributed by atoms with van der Waals surface area (Å²) in [6.07, 6.45) is 0. The lowest BCUT2D eigenvalue weighted by molar-refractivity contribution is 0.669. The number of benzene rings is 10. The monoisotopic (exact) mass is 919 g/mol. The Bertz CT molecular complexity index is 4640. The molecule has 0 unspecified atom stereocenters. The predicted molar refractivity (Wildman–Crippen MR) is 291 cm³/mol. The minimum Gasteiger partial charge on any atom is -0.455 e. The first-order valence-corrected chi connectivity index (χ1v) is 24.0. The van der Waals surface area contributed by atoms with Crippen molar-refractivity contribution < 1.29 is 4.42 Å². The molecule has 0 aliphatic heterocycles. The zero-order valence-electron chi connectivity index (χ0n) is 38.4. The summed E-state index contributed by atoms with van der Waals surface area (Å²) in [5, 5.41) is 20.1. The lowest BCUT2D eigenvalue weighted by Gasteiger charge is -2.14. The van der Waals surface area contributed by atoms with E-state index in [1.165, 1.54) is 10.8 Å². The molecule has 0 aliphatic carbocycles. The van der Waals surface area contributed by atoms with Crippen molar-refractivity contribution in [2.24, 2.45) is 0 Å². The number of para-hydroxylation sites is 5. The molecule has 72 heavy (non-hydrogen) atoms. The van der Waals surface area contributed by atoms with E-state index in [0.29, 0.717) is 39.8 Å². The normalized spacial score (nSPS) is 11.9. The number of nitriles is 1. The second-order valence-corrected chi connectivity index (χ2v) is 18.2. The summed E-state index contributed by atoms with van der Waals surface area (Å²) in [6.45, 7) is 0. The summed E-state index contributed by atoms with van der Waals surface area (Å²) in [4.78, 5) is 15.3. The average molecular weight is 920 g/mol. The SMILES string of the molecule is N#Cc1cc(-n2c3ccc(-n4c5ccccc5c5ccccc54)cc3c3c4c5ccccc5n(-c5ccccc5)c4ccc32)c2c(oc3ccccc32)c1-c1nc(-c2ccccc2)nc(-c2ccccc2)n1. The van der Waals surface area contributed by atoms with Crippen molar-refractivity contribution in [3.05, 3.63) is 230 Å². The van der Waals surface area contributed by atoms with E-state index >= 15 is 0 Å². The van der Waals surface area contributed by atoms with Gasteiger partial charge in [-0.1, -0.05) is 152 Å². The van der Waals surface area contributed by atoms with Gasteiger partial charge in [-0.15, -0.1) is 0 Å². The van der Waals surface area contributed by atoms with Crippen LogP contribution in [-0.4, -0.2) is 28.7 Å². The van der Waals surface area contributed by atoms with Gasteiger partial charge in [0.2, 0.25) is 0 Å². The molecule has 0 saturated heterocycles. The number of aromatic nitrogens is 6. The van der Waals surface area contributed by atoms with Crippen LogP contribution >= 0.6 is 0 Å². The summed E-state index contributed by atoms with van der Waals surface area (Å²) in [5.41, 5.74) is 13.2. The third-order valence-corrected chi connectivity index (χ3v) is 14.3. The van der Waals surface area contributed by atoms with Crippen molar-refractivity contribution in [2.45, 2.75) is 0 Å². The Morgan fingerprint density at radius 1 is 0.361 bits per heavy atom. The Labute approximate surface area is 411 Å². The van der Waals surface area contributed by atoms with Crippen LogP contribution < -0.4 is 0 Å². The molecule has 5 aromatic heterocycles. The van der Waals surface area contributed by atoms with E-state index < -0.39 is 0 Å². The Morgan fingerprint density at radius 3 is 1.47 bits per heavy atom. The molecule has 0 bridgehead atoms. The first-order chi connectivity index (χ1) is 35.7. The highest BCUT2D eigenvalue weighted by atomic mass is 16.3. The molecule has 0 N–H and O–H groups in total. The second kappa shape index (κ2) is 15.5. The third kappa shape index (κ3) is 5.76. The van der Waals surface area contributed by atoms with Gasteiger partial charge >= 0.3 is 0 Å². The molecular formula is C64H37N7O. The number of furan rings is 1.